The van der Waals surface area contributed by atoms with Gasteiger partial charge in [-0.15, -0.1) is 0 Å². The number of rotatable bonds is 5. The third kappa shape index (κ3) is 2.32. The standard InChI is InChI=1S/C15H24N2O3/c1-2-20-10-9-17-12(11-5-6-11)13(18)16-15(14(17)19)7-3-4-8-15/h11-12H,2-10H2,1H3,(H,16,18). The lowest BCUT2D eigenvalue weighted by Gasteiger charge is -2.44. The Bertz CT molecular complexity index is 400. The van der Waals surface area contributed by atoms with Gasteiger partial charge in [0.15, 0.2) is 0 Å². The van der Waals surface area contributed by atoms with E-state index in [4.69, 9.17) is 4.74 Å². The van der Waals surface area contributed by atoms with Gasteiger partial charge in [-0.25, -0.2) is 0 Å². The average Bonchev–Trinajstić information content (AvgIpc) is 3.15. The molecule has 0 radical (unpaired) electrons. The third-order valence-corrected chi connectivity index (χ3v) is 4.84. The molecule has 112 valence electrons. The minimum absolute atomic E-state index is 0.0606. The minimum Gasteiger partial charge on any atom is -0.380 e. The number of carbonyl (C=O) groups is 2. The predicted molar refractivity (Wildman–Crippen MR) is 74.1 cm³/mol. The molecule has 0 aromatic heterocycles. The smallest absolute Gasteiger partial charge is 0.249 e. The van der Waals surface area contributed by atoms with Crippen LogP contribution in [-0.2, 0) is 14.3 Å². The van der Waals surface area contributed by atoms with Gasteiger partial charge in [0, 0.05) is 13.2 Å². The summed E-state index contributed by atoms with van der Waals surface area (Å²) in [5, 5.41) is 3.06. The maximum atomic E-state index is 12.9. The fourth-order valence-electron chi connectivity index (χ4n) is 3.65. The highest BCUT2D eigenvalue weighted by molar-refractivity contribution is 6.00. The Balaban J connectivity index is 1.78. The van der Waals surface area contributed by atoms with Crippen LogP contribution in [0.4, 0.5) is 0 Å². The molecule has 1 N–H and O–H groups in total. The van der Waals surface area contributed by atoms with Gasteiger partial charge in [0.2, 0.25) is 11.8 Å². The number of nitrogens with zero attached hydrogens (tertiary/aromatic N) is 1. The molecule has 1 saturated heterocycles. The van der Waals surface area contributed by atoms with Gasteiger partial charge in [0.1, 0.15) is 11.6 Å². The van der Waals surface area contributed by atoms with Crippen LogP contribution in [0.15, 0.2) is 0 Å². The molecule has 2 amide bonds. The Hall–Kier alpha value is -1.10. The van der Waals surface area contributed by atoms with E-state index in [2.05, 4.69) is 5.32 Å². The van der Waals surface area contributed by atoms with Crippen molar-refractivity contribution < 1.29 is 14.3 Å². The lowest BCUT2D eigenvalue weighted by atomic mass is 9.89. The van der Waals surface area contributed by atoms with Crippen molar-refractivity contribution in [1.82, 2.24) is 10.2 Å². The topological polar surface area (TPSA) is 58.6 Å². The first-order chi connectivity index (χ1) is 9.68. The van der Waals surface area contributed by atoms with Crippen molar-refractivity contribution in [3.05, 3.63) is 0 Å². The summed E-state index contributed by atoms with van der Waals surface area (Å²) in [5.74, 6) is 0.552. The highest BCUT2D eigenvalue weighted by Gasteiger charge is 2.55. The van der Waals surface area contributed by atoms with Gasteiger partial charge in [-0.05, 0) is 38.5 Å². The second-order valence-electron chi connectivity index (χ2n) is 6.26. The lowest BCUT2D eigenvalue weighted by molar-refractivity contribution is -0.156. The molecular formula is C15H24N2O3. The predicted octanol–water partition coefficient (Wildman–Crippen LogP) is 1.07. The van der Waals surface area contributed by atoms with E-state index < -0.39 is 5.54 Å². The van der Waals surface area contributed by atoms with Crippen LogP contribution in [0.3, 0.4) is 0 Å². The van der Waals surface area contributed by atoms with Crippen LogP contribution in [0.2, 0.25) is 0 Å². The van der Waals surface area contributed by atoms with E-state index in [1.54, 1.807) is 0 Å². The zero-order valence-corrected chi connectivity index (χ0v) is 12.2. The van der Waals surface area contributed by atoms with Crippen LogP contribution in [0.5, 0.6) is 0 Å². The first-order valence-electron chi connectivity index (χ1n) is 7.89. The number of nitrogens with one attached hydrogen (secondary N) is 1. The molecular weight excluding hydrogens is 256 g/mol. The molecule has 3 aliphatic rings. The zero-order chi connectivity index (χ0) is 14.2. The van der Waals surface area contributed by atoms with Crippen molar-refractivity contribution in [2.45, 2.75) is 57.0 Å². The molecule has 1 aliphatic heterocycles. The van der Waals surface area contributed by atoms with E-state index in [-0.39, 0.29) is 17.9 Å². The maximum absolute atomic E-state index is 12.9. The minimum atomic E-state index is -0.602. The van der Waals surface area contributed by atoms with Crippen molar-refractivity contribution in [3.63, 3.8) is 0 Å². The summed E-state index contributed by atoms with van der Waals surface area (Å²) in [6, 6.07) is -0.255. The van der Waals surface area contributed by atoms with Gasteiger partial charge >= 0.3 is 0 Å². The lowest BCUT2D eigenvalue weighted by Crippen LogP contribution is -2.70. The Morgan fingerprint density at radius 3 is 2.60 bits per heavy atom. The first kappa shape index (κ1) is 13.9. The average molecular weight is 280 g/mol. The Morgan fingerprint density at radius 2 is 2.00 bits per heavy atom. The highest BCUT2D eigenvalue weighted by atomic mass is 16.5. The molecule has 0 aromatic rings. The van der Waals surface area contributed by atoms with Gasteiger partial charge in [0.25, 0.3) is 0 Å². The maximum Gasteiger partial charge on any atom is 0.249 e. The van der Waals surface area contributed by atoms with Crippen molar-refractivity contribution in [2.75, 3.05) is 19.8 Å². The van der Waals surface area contributed by atoms with Gasteiger partial charge in [-0.2, -0.15) is 0 Å². The summed E-state index contributed by atoms with van der Waals surface area (Å²) in [5.41, 5.74) is -0.602. The quantitative estimate of drug-likeness (QED) is 0.766. The van der Waals surface area contributed by atoms with E-state index in [0.717, 1.165) is 38.5 Å². The molecule has 2 saturated carbocycles. The van der Waals surface area contributed by atoms with Crippen molar-refractivity contribution in [2.24, 2.45) is 5.92 Å². The molecule has 0 aromatic carbocycles. The Labute approximate surface area is 120 Å². The first-order valence-corrected chi connectivity index (χ1v) is 7.89. The van der Waals surface area contributed by atoms with Crippen LogP contribution in [0.1, 0.15) is 45.4 Å². The highest BCUT2D eigenvalue weighted by Crippen LogP contribution is 2.41. The number of hydrogen-bond acceptors (Lipinski definition) is 3. The molecule has 1 heterocycles. The summed E-state index contributed by atoms with van der Waals surface area (Å²) in [6.07, 6.45) is 5.76. The summed E-state index contributed by atoms with van der Waals surface area (Å²) in [4.78, 5) is 27.2. The van der Waals surface area contributed by atoms with E-state index >= 15 is 0 Å². The zero-order valence-electron chi connectivity index (χ0n) is 12.2. The van der Waals surface area contributed by atoms with Gasteiger partial charge in [-0.3, -0.25) is 9.59 Å². The molecule has 1 spiro atoms. The van der Waals surface area contributed by atoms with Crippen molar-refractivity contribution >= 4 is 11.8 Å². The van der Waals surface area contributed by atoms with Crippen LogP contribution in [0.25, 0.3) is 0 Å². The van der Waals surface area contributed by atoms with Gasteiger partial charge < -0.3 is 15.0 Å². The molecule has 3 rings (SSSR count). The summed E-state index contributed by atoms with van der Waals surface area (Å²) >= 11 is 0. The van der Waals surface area contributed by atoms with Crippen LogP contribution in [-0.4, -0.2) is 48.1 Å². The van der Waals surface area contributed by atoms with Crippen LogP contribution < -0.4 is 5.32 Å². The molecule has 5 nitrogen and oxygen atoms in total. The van der Waals surface area contributed by atoms with Gasteiger partial charge in [0.05, 0.1) is 6.61 Å². The number of amides is 2. The largest absolute Gasteiger partial charge is 0.380 e. The molecule has 3 fully saturated rings. The number of hydrogen-bond donors (Lipinski definition) is 1. The molecule has 1 unspecified atom stereocenters. The third-order valence-electron chi connectivity index (χ3n) is 4.84. The van der Waals surface area contributed by atoms with Crippen molar-refractivity contribution in [1.29, 1.82) is 0 Å². The SMILES string of the molecule is CCOCCN1C(=O)C2(CCCC2)NC(=O)C1C1CC1. The van der Waals surface area contributed by atoms with Crippen LogP contribution >= 0.6 is 0 Å². The number of carbonyl (C=O) groups excluding carboxylic acids is 2. The molecule has 0 bridgehead atoms. The second kappa shape index (κ2) is 5.35. The van der Waals surface area contributed by atoms with Crippen LogP contribution in [0, 0.1) is 5.92 Å². The molecule has 5 heteroatoms. The molecule has 2 aliphatic carbocycles. The Kier molecular flexibility index (Phi) is 3.71. The van der Waals surface area contributed by atoms with Crippen molar-refractivity contribution in [3.8, 4) is 0 Å². The molecule has 20 heavy (non-hydrogen) atoms. The van der Waals surface area contributed by atoms with Gasteiger partial charge in [-0.1, -0.05) is 12.8 Å². The van der Waals surface area contributed by atoms with E-state index in [1.807, 2.05) is 11.8 Å². The fourth-order valence-corrected chi connectivity index (χ4v) is 3.65. The number of piperazine rings is 1. The summed E-state index contributed by atoms with van der Waals surface area (Å²) < 4.78 is 5.39. The normalized spacial score (nSPS) is 29.1. The second-order valence-corrected chi connectivity index (χ2v) is 6.26. The van der Waals surface area contributed by atoms with E-state index in [1.165, 1.54) is 0 Å². The fraction of sp³-hybridized carbons (Fsp3) is 0.867. The Morgan fingerprint density at radius 1 is 1.30 bits per heavy atom. The van der Waals surface area contributed by atoms with E-state index in [0.29, 0.717) is 25.7 Å². The summed E-state index contributed by atoms with van der Waals surface area (Å²) in [7, 11) is 0. The van der Waals surface area contributed by atoms with E-state index in [9.17, 15) is 9.59 Å². The number of ether oxygens (including phenoxy) is 1. The monoisotopic (exact) mass is 280 g/mol. The molecule has 1 atom stereocenters. The summed E-state index contributed by atoms with van der Waals surface area (Å²) in [6.45, 7) is 3.66.